The molecule has 4 rings (SSSR count). The zero-order valence-electron chi connectivity index (χ0n) is 18.5. The molecule has 0 spiro atoms. The maximum atomic E-state index is 13.2. The van der Waals surface area contributed by atoms with Crippen LogP contribution in [0.3, 0.4) is 0 Å². The molecule has 2 heterocycles. The Labute approximate surface area is 187 Å². The average Bonchev–Trinajstić information content (AvgIpc) is 3.36. The Morgan fingerprint density at radius 2 is 1.69 bits per heavy atom. The smallest absolute Gasteiger partial charge is 0.255 e. The molecule has 0 radical (unpaired) electrons. The lowest BCUT2D eigenvalue weighted by atomic mass is 10.1. The van der Waals surface area contributed by atoms with Gasteiger partial charge in [0.05, 0.1) is 12.2 Å². The third kappa shape index (κ3) is 5.01. The second-order valence-electron chi connectivity index (χ2n) is 8.49. The Bertz CT molecular complexity index is 1070. The summed E-state index contributed by atoms with van der Waals surface area (Å²) in [4.78, 5) is 15.1. The number of hydrogen-bond acceptors (Lipinski definition) is 2. The Morgan fingerprint density at radius 1 is 1.03 bits per heavy atom. The average molecular weight is 439 g/mol. The summed E-state index contributed by atoms with van der Waals surface area (Å²) in [6.07, 6.45) is 1.80. The molecule has 1 unspecified atom stereocenters. The summed E-state index contributed by atoms with van der Waals surface area (Å²) in [5, 5.41) is 0. The van der Waals surface area contributed by atoms with Crippen LogP contribution in [0.5, 0.6) is 5.75 Å². The van der Waals surface area contributed by atoms with Gasteiger partial charge in [-0.25, -0.2) is 8.78 Å². The van der Waals surface area contributed by atoms with Crippen LogP contribution in [0.15, 0.2) is 54.6 Å². The second-order valence-corrected chi connectivity index (χ2v) is 8.49. The van der Waals surface area contributed by atoms with Crippen molar-refractivity contribution in [2.24, 2.45) is 5.92 Å². The molecule has 2 aromatic carbocycles. The Balaban J connectivity index is 1.34. The van der Waals surface area contributed by atoms with Crippen LogP contribution in [0.2, 0.25) is 0 Å². The molecule has 0 saturated carbocycles. The van der Waals surface area contributed by atoms with Gasteiger partial charge in [0, 0.05) is 31.0 Å². The van der Waals surface area contributed by atoms with E-state index >= 15 is 0 Å². The summed E-state index contributed by atoms with van der Waals surface area (Å²) in [6, 6.07) is 14.4. The molecule has 32 heavy (non-hydrogen) atoms. The van der Waals surface area contributed by atoms with Crippen LogP contribution in [0.4, 0.5) is 8.78 Å². The number of carbonyl (C=O) groups is 1. The number of halogens is 2. The van der Waals surface area contributed by atoms with Crippen molar-refractivity contribution in [3.63, 3.8) is 0 Å². The number of hydrogen-bond donors (Lipinski definition) is 0. The van der Waals surface area contributed by atoms with Gasteiger partial charge in [0.1, 0.15) is 17.4 Å². The highest BCUT2D eigenvalue weighted by Gasteiger charge is 2.29. The predicted octanol–water partition coefficient (Wildman–Crippen LogP) is 5.36. The Morgan fingerprint density at radius 3 is 2.38 bits per heavy atom. The number of ether oxygens (including phenoxy) is 1. The van der Waals surface area contributed by atoms with Crippen molar-refractivity contribution in [2.45, 2.75) is 33.2 Å². The van der Waals surface area contributed by atoms with E-state index in [4.69, 9.17) is 4.74 Å². The molecule has 4 nitrogen and oxygen atoms in total. The highest BCUT2D eigenvalue weighted by Crippen LogP contribution is 2.25. The first-order chi connectivity index (χ1) is 15.4. The van der Waals surface area contributed by atoms with E-state index in [1.165, 1.54) is 24.3 Å². The maximum absolute atomic E-state index is 13.2. The number of nitrogens with zero attached hydrogens (tertiary/aromatic N) is 2. The third-order valence-corrected chi connectivity index (χ3v) is 6.24. The molecular weight excluding hydrogens is 410 g/mol. The topological polar surface area (TPSA) is 34.5 Å². The lowest BCUT2D eigenvalue weighted by molar-refractivity contribution is 0.0784. The number of carbonyl (C=O) groups excluding carboxylic acids is 1. The number of aromatic nitrogens is 1. The van der Waals surface area contributed by atoms with E-state index in [9.17, 15) is 13.6 Å². The fourth-order valence-corrected chi connectivity index (χ4v) is 4.33. The minimum atomic E-state index is -0.278. The molecule has 3 aromatic rings. The number of likely N-dealkylation sites (tertiary alicyclic amines) is 1. The molecule has 1 saturated heterocycles. The highest BCUT2D eigenvalue weighted by molar-refractivity contribution is 5.96. The lowest BCUT2D eigenvalue weighted by Gasteiger charge is -2.17. The molecule has 168 valence electrons. The maximum Gasteiger partial charge on any atom is 0.255 e. The molecule has 1 amide bonds. The Kier molecular flexibility index (Phi) is 6.58. The summed E-state index contributed by atoms with van der Waals surface area (Å²) in [5.41, 5.74) is 3.67. The van der Waals surface area contributed by atoms with E-state index in [2.05, 4.69) is 4.57 Å². The normalized spacial score (nSPS) is 15.9. The molecule has 6 heteroatoms. The second kappa shape index (κ2) is 9.55. The van der Waals surface area contributed by atoms with E-state index in [0.717, 1.165) is 41.9 Å². The van der Waals surface area contributed by atoms with Crippen molar-refractivity contribution in [3.8, 4) is 5.75 Å². The third-order valence-electron chi connectivity index (χ3n) is 6.24. The first-order valence-electron chi connectivity index (χ1n) is 11.0. The van der Waals surface area contributed by atoms with Crippen molar-refractivity contribution in [1.29, 1.82) is 0 Å². The van der Waals surface area contributed by atoms with Gasteiger partial charge in [0.25, 0.3) is 5.91 Å². The minimum absolute atomic E-state index is 0.0606. The van der Waals surface area contributed by atoms with Crippen LogP contribution >= 0.6 is 0 Å². The van der Waals surface area contributed by atoms with Crippen molar-refractivity contribution in [2.75, 3.05) is 19.7 Å². The summed E-state index contributed by atoms with van der Waals surface area (Å²) < 4.78 is 34.0. The van der Waals surface area contributed by atoms with Gasteiger partial charge in [-0.2, -0.15) is 0 Å². The van der Waals surface area contributed by atoms with Crippen LogP contribution in [0.1, 0.15) is 40.2 Å². The van der Waals surface area contributed by atoms with E-state index in [1.54, 1.807) is 24.3 Å². The SMILES string of the molecule is Cc1cc(C(=O)N2CCC(CCOc3ccc(F)cc3)C2)c(C)n1Cc1ccc(F)cc1. The summed E-state index contributed by atoms with van der Waals surface area (Å²) in [5.74, 6) is 0.579. The van der Waals surface area contributed by atoms with Gasteiger partial charge >= 0.3 is 0 Å². The first kappa shape index (κ1) is 22.1. The van der Waals surface area contributed by atoms with E-state index in [1.807, 2.05) is 24.8 Å². The van der Waals surface area contributed by atoms with Gasteiger partial charge in [-0.05, 0) is 80.6 Å². The molecule has 1 fully saturated rings. The van der Waals surface area contributed by atoms with Crippen molar-refractivity contribution >= 4 is 5.91 Å². The standard InChI is InChI=1S/C26H28F2N2O2/c1-18-15-25(19(2)30(18)17-20-3-5-22(27)6-4-20)26(31)29-13-11-21(16-29)12-14-32-24-9-7-23(28)8-10-24/h3-10,15,21H,11-14,16-17H2,1-2H3. The summed E-state index contributed by atoms with van der Waals surface area (Å²) >= 11 is 0. The lowest BCUT2D eigenvalue weighted by Crippen LogP contribution is -2.29. The fraction of sp³-hybridized carbons (Fsp3) is 0.346. The number of rotatable bonds is 7. The van der Waals surface area contributed by atoms with Gasteiger partial charge in [0.2, 0.25) is 0 Å². The van der Waals surface area contributed by atoms with Crippen LogP contribution < -0.4 is 4.74 Å². The van der Waals surface area contributed by atoms with Crippen LogP contribution in [0, 0.1) is 31.4 Å². The molecular formula is C26H28F2N2O2. The molecule has 0 bridgehead atoms. The van der Waals surface area contributed by atoms with Gasteiger partial charge in [0.15, 0.2) is 0 Å². The summed E-state index contributed by atoms with van der Waals surface area (Å²) in [6.45, 7) is 6.56. The van der Waals surface area contributed by atoms with Crippen molar-refractivity contribution in [1.82, 2.24) is 9.47 Å². The fourth-order valence-electron chi connectivity index (χ4n) is 4.33. The van der Waals surface area contributed by atoms with E-state index in [0.29, 0.717) is 31.4 Å². The van der Waals surface area contributed by atoms with Gasteiger partial charge in [-0.1, -0.05) is 12.1 Å². The highest BCUT2D eigenvalue weighted by atomic mass is 19.1. The molecule has 0 N–H and O–H groups in total. The van der Waals surface area contributed by atoms with Crippen LogP contribution in [-0.2, 0) is 6.54 Å². The Hall–Kier alpha value is -3.15. The first-order valence-corrected chi connectivity index (χ1v) is 11.0. The van der Waals surface area contributed by atoms with Crippen LogP contribution in [-0.4, -0.2) is 35.1 Å². The largest absolute Gasteiger partial charge is 0.494 e. The van der Waals surface area contributed by atoms with Crippen molar-refractivity contribution in [3.05, 3.63) is 88.7 Å². The number of aryl methyl sites for hydroxylation is 1. The van der Waals surface area contributed by atoms with Crippen molar-refractivity contribution < 1.29 is 18.3 Å². The zero-order chi connectivity index (χ0) is 22.7. The predicted molar refractivity (Wildman–Crippen MR) is 120 cm³/mol. The van der Waals surface area contributed by atoms with E-state index in [-0.39, 0.29) is 17.5 Å². The number of amides is 1. The van der Waals surface area contributed by atoms with Gasteiger partial charge in [-0.3, -0.25) is 4.79 Å². The molecule has 1 aliphatic rings. The zero-order valence-corrected chi connectivity index (χ0v) is 18.5. The van der Waals surface area contributed by atoms with Gasteiger partial charge in [-0.15, -0.1) is 0 Å². The van der Waals surface area contributed by atoms with E-state index < -0.39 is 0 Å². The van der Waals surface area contributed by atoms with Gasteiger partial charge < -0.3 is 14.2 Å². The molecule has 1 aromatic heterocycles. The molecule has 0 aliphatic carbocycles. The quantitative estimate of drug-likeness (QED) is 0.498. The summed E-state index contributed by atoms with van der Waals surface area (Å²) in [7, 11) is 0. The monoisotopic (exact) mass is 438 g/mol. The van der Waals surface area contributed by atoms with Crippen LogP contribution in [0.25, 0.3) is 0 Å². The molecule has 1 aliphatic heterocycles. The number of benzene rings is 2. The molecule has 1 atom stereocenters. The minimum Gasteiger partial charge on any atom is -0.494 e.